The normalized spacial score (nSPS) is 9.62. The molecule has 0 atom stereocenters. The molecule has 1 aromatic carbocycles. The molecule has 1 aromatic rings. The van der Waals surface area contributed by atoms with E-state index in [0.717, 1.165) is 11.3 Å². The molecule has 2 N–H and O–H groups in total. The van der Waals surface area contributed by atoms with E-state index in [1.807, 2.05) is 25.1 Å². The predicted molar refractivity (Wildman–Crippen MR) is 67.9 cm³/mol. The highest BCUT2D eigenvalue weighted by atomic mass is 35.5. The topological polar surface area (TPSA) is 41.1 Å². The van der Waals surface area contributed by atoms with Gasteiger partial charge in [0.15, 0.2) is 0 Å². The molecule has 0 aliphatic heterocycles. The largest absolute Gasteiger partial charge is 0.376 e. The lowest BCUT2D eigenvalue weighted by atomic mass is 10.2. The van der Waals surface area contributed by atoms with Gasteiger partial charge in [-0.2, -0.15) is 0 Å². The Morgan fingerprint density at radius 2 is 2.31 bits per heavy atom. The smallest absolute Gasteiger partial charge is 0.239 e. The standard InChI is InChI=1S/C12H15ClN2O/c1-3-7-14-12(16)8-15-11-6-4-5-10(13)9(11)2/h3-6,15H,1,7-8H2,2H3,(H,14,16). The number of halogens is 1. The first-order valence-corrected chi connectivity index (χ1v) is 5.39. The second-order valence-corrected chi connectivity index (χ2v) is 3.77. The number of hydrogen-bond donors (Lipinski definition) is 2. The van der Waals surface area contributed by atoms with Crippen LogP contribution in [0.2, 0.25) is 5.02 Å². The van der Waals surface area contributed by atoms with Gasteiger partial charge in [0.1, 0.15) is 0 Å². The van der Waals surface area contributed by atoms with Crippen molar-refractivity contribution in [2.24, 2.45) is 0 Å². The summed E-state index contributed by atoms with van der Waals surface area (Å²) in [5.41, 5.74) is 1.82. The zero-order valence-corrected chi connectivity index (χ0v) is 9.97. The average Bonchev–Trinajstić information content (AvgIpc) is 2.28. The van der Waals surface area contributed by atoms with Crippen LogP contribution in [0.15, 0.2) is 30.9 Å². The maximum Gasteiger partial charge on any atom is 0.239 e. The third-order valence-corrected chi connectivity index (χ3v) is 2.56. The van der Waals surface area contributed by atoms with Crippen LogP contribution in [0.25, 0.3) is 0 Å². The van der Waals surface area contributed by atoms with Gasteiger partial charge in [0.05, 0.1) is 6.54 Å². The highest BCUT2D eigenvalue weighted by Crippen LogP contribution is 2.22. The van der Waals surface area contributed by atoms with Crippen LogP contribution in [-0.4, -0.2) is 19.0 Å². The second kappa shape index (κ2) is 6.18. The van der Waals surface area contributed by atoms with Crippen LogP contribution >= 0.6 is 11.6 Å². The molecule has 0 heterocycles. The number of amides is 1. The monoisotopic (exact) mass is 238 g/mol. The molecule has 0 aliphatic rings. The van der Waals surface area contributed by atoms with Gasteiger partial charge < -0.3 is 10.6 Å². The molecule has 1 rings (SSSR count). The third kappa shape index (κ3) is 3.59. The van der Waals surface area contributed by atoms with E-state index >= 15 is 0 Å². The minimum atomic E-state index is -0.0701. The van der Waals surface area contributed by atoms with E-state index in [1.165, 1.54) is 0 Å². The number of hydrogen-bond acceptors (Lipinski definition) is 2. The SMILES string of the molecule is C=CCNC(=O)CNc1cccc(Cl)c1C. The molecule has 4 heteroatoms. The summed E-state index contributed by atoms with van der Waals surface area (Å²) in [6.07, 6.45) is 1.64. The van der Waals surface area contributed by atoms with Gasteiger partial charge in [0.2, 0.25) is 5.91 Å². The Kier molecular flexibility index (Phi) is 4.86. The van der Waals surface area contributed by atoms with Crippen molar-refractivity contribution in [3.05, 3.63) is 41.4 Å². The van der Waals surface area contributed by atoms with Crippen LogP contribution in [0.3, 0.4) is 0 Å². The number of benzene rings is 1. The van der Waals surface area contributed by atoms with Crippen LogP contribution in [0, 0.1) is 6.92 Å². The van der Waals surface area contributed by atoms with E-state index in [1.54, 1.807) is 6.08 Å². The average molecular weight is 239 g/mol. The van der Waals surface area contributed by atoms with Crippen molar-refractivity contribution in [2.75, 3.05) is 18.4 Å². The second-order valence-electron chi connectivity index (χ2n) is 3.36. The van der Waals surface area contributed by atoms with Gasteiger partial charge in [-0.15, -0.1) is 6.58 Å². The quantitative estimate of drug-likeness (QED) is 0.774. The zero-order valence-electron chi connectivity index (χ0n) is 9.22. The lowest BCUT2D eigenvalue weighted by molar-refractivity contribution is -0.119. The number of anilines is 1. The molecule has 16 heavy (non-hydrogen) atoms. The Labute approximate surface area is 100 Å². The maximum absolute atomic E-state index is 11.3. The molecule has 0 saturated carbocycles. The van der Waals surface area contributed by atoms with Gasteiger partial charge in [-0.05, 0) is 24.6 Å². The summed E-state index contributed by atoms with van der Waals surface area (Å²) in [6, 6.07) is 5.56. The van der Waals surface area contributed by atoms with Crippen LogP contribution < -0.4 is 10.6 Å². The Morgan fingerprint density at radius 1 is 1.56 bits per heavy atom. The molecule has 86 valence electrons. The van der Waals surface area contributed by atoms with Crippen molar-refractivity contribution in [3.8, 4) is 0 Å². The van der Waals surface area contributed by atoms with Crippen LogP contribution in [0.1, 0.15) is 5.56 Å². The van der Waals surface area contributed by atoms with E-state index in [-0.39, 0.29) is 12.5 Å². The molecule has 0 aliphatic carbocycles. The summed E-state index contributed by atoms with van der Waals surface area (Å²) in [4.78, 5) is 11.3. The first-order chi connectivity index (χ1) is 7.65. The molecule has 3 nitrogen and oxygen atoms in total. The summed E-state index contributed by atoms with van der Waals surface area (Å²) in [5, 5.41) is 6.41. The fourth-order valence-corrected chi connectivity index (χ4v) is 1.40. The number of carbonyl (C=O) groups excluding carboxylic acids is 1. The summed E-state index contributed by atoms with van der Waals surface area (Å²) >= 11 is 5.96. The molecule has 0 fully saturated rings. The Morgan fingerprint density at radius 3 is 3.00 bits per heavy atom. The molecular weight excluding hydrogens is 224 g/mol. The number of rotatable bonds is 5. The molecule has 0 radical (unpaired) electrons. The van der Waals surface area contributed by atoms with Crippen LogP contribution in [-0.2, 0) is 4.79 Å². The van der Waals surface area contributed by atoms with Crippen molar-refractivity contribution in [2.45, 2.75) is 6.92 Å². The molecule has 0 bridgehead atoms. The van der Waals surface area contributed by atoms with E-state index in [4.69, 9.17) is 11.6 Å². The highest BCUT2D eigenvalue weighted by molar-refractivity contribution is 6.31. The van der Waals surface area contributed by atoms with Gasteiger partial charge in [0, 0.05) is 17.3 Å². The van der Waals surface area contributed by atoms with E-state index in [2.05, 4.69) is 17.2 Å². The van der Waals surface area contributed by atoms with E-state index in [9.17, 15) is 4.79 Å². The summed E-state index contributed by atoms with van der Waals surface area (Å²) in [6.45, 7) is 6.15. The van der Waals surface area contributed by atoms with Crippen LogP contribution in [0.4, 0.5) is 5.69 Å². The van der Waals surface area contributed by atoms with Gasteiger partial charge in [-0.3, -0.25) is 4.79 Å². The van der Waals surface area contributed by atoms with Crippen molar-refractivity contribution < 1.29 is 4.79 Å². The maximum atomic E-state index is 11.3. The first kappa shape index (κ1) is 12.6. The van der Waals surface area contributed by atoms with Gasteiger partial charge >= 0.3 is 0 Å². The zero-order chi connectivity index (χ0) is 12.0. The van der Waals surface area contributed by atoms with Gasteiger partial charge in [-0.25, -0.2) is 0 Å². The molecule has 1 amide bonds. The Balaban J connectivity index is 2.51. The number of carbonyl (C=O) groups is 1. The number of nitrogens with one attached hydrogen (secondary N) is 2. The third-order valence-electron chi connectivity index (χ3n) is 2.15. The molecule has 0 unspecified atom stereocenters. The summed E-state index contributed by atoms with van der Waals surface area (Å²) < 4.78 is 0. The Hall–Kier alpha value is -1.48. The first-order valence-electron chi connectivity index (χ1n) is 5.01. The van der Waals surface area contributed by atoms with Crippen molar-refractivity contribution in [1.82, 2.24) is 5.32 Å². The van der Waals surface area contributed by atoms with E-state index < -0.39 is 0 Å². The lowest BCUT2D eigenvalue weighted by Gasteiger charge is -2.10. The fourth-order valence-electron chi connectivity index (χ4n) is 1.22. The van der Waals surface area contributed by atoms with Gasteiger partial charge in [0.25, 0.3) is 0 Å². The van der Waals surface area contributed by atoms with Crippen LogP contribution in [0.5, 0.6) is 0 Å². The molecule has 0 saturated heterocycles. The Bertz CT molecular complexity index is 391. The predicted octanol–water partition coefficient (Wildman–Crippen LogP) is 2.36. The minimum Gasteiger partial charge on any atom is -0.376 e. The van der Waals surface area contributed by atoms with Crippen molar-refractivity contribution in [1.29, 1.82) is 0 Å². The minimum absolute atomic E-state index is 0.0701. The highest BCUT2D eigenvalue weighted by Gasteiger charge is 2.03. The lowest BCUT2D eigenvalue weighted by Crippen LogP contribution is -2.29. The fraction of sp³-hybridized carbons (Fsp3) is 0.250. The molecule has 0 aromatic heterocycles. The summed E-state index contributed by atoms with van der Waals surface area (Å²) in [5.74, 6) is -0.0701. The van der Waals surface area contributed by atoms with E-state index in [0.29, 0.717) is 11.6 Å². The summed E-state index contributed by atoms with van der Waals surface area (Å²) in [7, 11) is 0. The van der Waals surface area contributed by atoms with Gasteiger partial charge in [-0.1, -0.05) is 23.7 Å². The molecular formula is C12H15ClN2O. The van der Waals surface area contributed by atoms with Crippen molar-refractivity contribution in [3.63, 3.8) is 0 Å². The van der Waals surface area contributed by atoms with Crippen molar-refractivity contribution >= 4 is 23.2 Å². The molecule has 0 spiro atoms.